The van der Waals surface area contributed by atoms with Crippen LogP contribution in [0, 0.1) is 0 Å². The van der Waals surface area contributed by atoms with E-state index in [4.69, 9.17) is 10.0 Å². The third-order valence-electron chi connectivity index (χ3n) is 1.47. The zero-order valence-corrected chi connectivity index (χ0v) is 6.87. The van der Waals surface area contributed by atoms with Crippen LogP contribution in [0.2, 0.25) is 0 Å². The minimum Gasteiger partial charge on any atom is -0.426 e. The minimum atomic E-state index is -1.46. The summed E-state index contributed by atoms with van der Waals surface area (Å²) in [7, 11) is -1.46. The topological polar surface area (TPSA) is 69.6 Å². The van der Waals surface area contributed by atoms with Crippen molar-refractivity contribution < 1.29 is 14.8 Å². The first-order chi connectivity index (χ1) is 5.11. The highest BCUT2D eigenvalue weighted by molar-refractivity contribution is 6.43. The molecule has 0 aliphatic heterocycles. The van der Waals surface area contributed by atoms with E-state index in [9.17, 15) is 4.79 Å². The summed E-state index contributed by atoms with van der Waals surface area (Å²) >= 11 is 0. The smallest absolute Gasteiger partial charge is 0.426 e. The Balaban J connectivity index is 3.78. The molecule has 0 aliphatic carbocycles. The van der Waals surface area contributed by atoms with Gasteiger partial charge in [-0.25, -0.2) is 0 Å². The van der Waals surface area contributed by atoms with Gasteiger partial charge in [0, 0.05) is 6.42 Å². The first-order valence-corrected chi connectivity index (χ1v) is 3.77. The van der Waals surface area contributed by atoms with Crippen molar-refractivity contribution in [3.05, 3.63) is 0 Å². The monoisotopic (exact) mass is 159 g/mol. The molecule has 0 fully saturated rings. The maximum atomic E-state index is 10.8. The highest BCUT2D eigenvalue weighted by Gasteiger charge is 2.22. The van der Waals surface area contributed by atoms with Crippen LogP contribution in [0.25, 0.3) is 0 Å². The molecule has 4 nitrogen and oxygen atoms in total. The van der Waals surface area contributed by atoms with E-state index in [0.717, 1.165) is 0 Å². The van der Waals surface area contributed by atoms with Gasteiger partial charge in [0.1, 0.15) is 0 Å². The summed E-state index contributed by atoms with van der Waals surface area (Å²) in [6.45, 7) is 3.49. The second-order valence-corrected chi connectivity index (χ2v) is 2.35. The van der Waals surface area contributed by atoms with Gasteiger partial charge in [0.15, 0.2) is 0 Å². The summed E-state index contributed by atoms with van der Waals surface area (Å²) in [4.78, 5) is 10.8. The molecule has 3 N–H and O–H groups in total. The van der Waals surface area contributed by atoms with Crippen LogP contribution < -0.4 is 5.32 Å². The van der Waals surface area contributed by atoms with E-state index in [1.54, 1.807) is 13.8 Å². The van der Waals surface area contributed by atoms with Crippen LogP contribution in [0.4, 0.5) is 0 Å². The molecule has 0 aromatic rings. The van der Waals surface area contributed by atoms with Gasteiger partial charge in [-0.15, -0.1) is 0 Å². The molecule has 0 saturated carbocycles. The van der Waals surface area contributed by atoms with Crippen molar-refractivity contribution >= 4 is 13.0 Å². The summed E-state index contributed by atoms with van der Waals surface area (Å²) in [6.07, 6.45) is 0.882. The van der Waals surface area contributed by atoms with Crippen LogP contribution in [-0.2, 0) is 4.79 Å². The highest BCUT2D eigenvalue weighted by Crippen LogP contribution is 1.92. The van der Waals surface area contributed by atoms with Crippen LogP contribution in [0.5, 0.6) is 0 Å². The van der Waals surface area contributed by atoms with E-state index in [0.29, 0.717) is 12.8 Å². The molecule has 0 saturated heterocycles. The molecule has 0 bridgehead atoms. The largest absolute Gasteiger partial charge is 0.475 e. The van der Waals surface area contributed by atoms with Gasteiger partial charge in [-0.3, -0.25) is 4.79 Å². The molecule has 1 amide bonds. The normalized spacial score (nSPS) is 12.4. The Labute approximate surface area is 66.8 Å². The molecule has 0 aliphatic rings. The standard InChI is InChI=1S/C6H14BNO3/c1-3-5(7(10)11)8-6(9)4-2/h5,10-11H,3-4H2,1-2H3,(H,8,9)/t5-/m0/s1. The molecule has 1 atom stereocenters. The number of rotatable bonds is 4. The molecule has 11 heavy (non-hydrogen) atoms. The number of nitrogens with one attached hydrogen (secondary N) is 1. The van der Waals surface area contributed by atoms with Crippen molar-refractivity contribution in [3.8, 4) is 0 Å². The van der Waals surface area contributed by atoms with Crippen LogP contribution >= 0.6 is 0 Å². The Bertz CT molecular complexity index is 129. The number of amides is 1. The maximum Gasteiger partial charge on any atom is 0.475 e. The molecule has 5 heteroatoms. The zero-order valence-electron chi connectivity index (χ0n) is 6.87. The molecule has 64 valence electrons. The van der Waals surface area contributed by atoms with E-state index >= 15 is 0 Å². The van der Waals surface area contributed by atoms with Crippen molar-refractivity contribution in [1.29, 1.82) is 0 Å². The lowest BCUT2D eigenvalue weighted by Crippen LogP contribution is -2.45. The van der Waals surface area contributed by atoms with Gasteiger partial charge in [-0.1, -0.05) is 13.8 Å². The second-order valence-electron chi connectivity index (χ2n) is 2.35. The van der Waals surface area contributed by atoms with Crippen LogP contribution in [0.1, 0.15) is 26.7 Å². The van der Waals surface area contributed by atoms with Gasteiger partial charge in [-0.2, -0.15) is 0 Å². The van der Waals surface area contributed by atoms with E-state index in [-0.39, 0.29) is 5.91 Å². The van der Waals surface area contributed by atoms with Crippen molar-refractivity contribution in [2.75, 3.05) is 0 Å². The number of carbonyl (C=O) groups is 1. The first kappa shape index (κ1) is 10.5. The fraction of sp³-hybridized carbons (Fsp3) is 0.833. The van der Waals surface area contributed by atoms with Gasteiger partial charge in [-0.05, 0) is 6.42 Å². The van der Waals surface area contributed by atoms with E-state index in [1.165, 1.54) is 0 Å². The van der Waals surface area contributed by atoms with E-state index < -0.39 is 13.1 Å². The Kier molecular flexibility index (Phi) is 4.90. The fourth-order valence-corrected chi connectivity index (χ4v) is 0.696. The molecule has 0 rings (SSSR count). The zero-order chi connectivity index (χ0) is 8.85. The van der Waals surface area contributed by atoms with Crippen molar-refractivity contribution in [3.63, 3.8) is 0 Å². The van der Waals surface area contributed by atoms with Gasteiger partial charge in [0.25, 0.3) is 0 Å². The van der Waals surface area contributed by atoms with Crippen molar-refractivity contribution in [2.24, 2.45) is 0 Å². The van der Waals surface area contributed by atoms with Crippen LogP contribution in [0.3, 0.4) is 0 Å². The Morgan fingerprint density at radius 3 is 2.36 bits per heavy atom. The van der Waals surface area contributed by atoms with E-state index in [1.807, 2.05) is 0 Å². The summed E-state index contributed by atoms with van der Waals surface area (Å²) < 4.78 is 0. The molecule has 0 spiro atoms. The van der Waals surface area contributed by atoms with Gasteiger partial charge in [0.05, 0.1) is 5.94 Å². The van der Waals surface area contributed by atoms with Gasteiger partial charge >= 0.3 is 7.12 Å². The Hall–Kier alpha value is -0.545. The molecule has 0 aromatic carbocycles. The fourth-order valence-electron chi connectivity index (χ4n) is 0.696. The third kappa shape index (κ3) is 4.00. The van der Waals surface area contributed by atoms with Crippen molar-refractivity contribution in [2.45, 2.75) is 32.6 Å². The Morgan fingerprint density at radius 2 is 2.09 bits per heavy atom. The van der Waals surface area contributed by atoms with Crippen LogP contribution in [-0.4, -0.2) is 29.0 Å². The molecule has 0 unspecified atom stereocenters. The number of hydrogen-bond donors (Lipinski definition) is 3. The van der Waals surface area contributed by atoms with Crippen molar-refractivity contribution in [1.82, 2.24) is 5.32 Å². The van der Waals surface area contributed by atoms with Gasteiger partial charge in [0.2, 0.25) is 5.91 Å². The summed E-state index contributed by atoms with van der Waals surface area (Å²) in [5, 5.41) is 19.9. The molecular formula is C6H14BNO3. The average molecular weight is 159 g/mol. The molecule has 0 radical (unpaired) electrons. The molecule has 0 heterocycles. The third-order valence-corrected chi connectivity index (χ3v) is 1.47. The number of carbonyl (C=O) groups excluding carboxylic acids is 1. The lowest BCUT2D eigenvalue weighted by atomic mass is 9.78. The minimum absolute atomic E-state index is 0.162. The van der Waals surface area contributed by atoms with Crippen LogP contribution in [0.15, 0.2) is 0 Å². The average Bonchev–Trinajstić information content (AvgIpc) is 1.99. The van der Waals surface area contributed by atoms with Gasteiger partial charge < -0.3 is 15.4 Å². The number of hydrogen-bond acceptors (Lipinski definition) is 3. The highest BCUT2D eigenvalue weighted by atomic mass is 16.4. The molecular weight excluding hydrogens is 145 g/mol. The van der Waals surface area contributed by atoms with E-state index in [2.05, 4.69) is 5.32 Å². The lowest BCUT2D eigenvalue weighted by molar-refractivity contribution is -0.121. The predicted molar refractivity (Wildman–Crippen MR) is 42.7 cm³/mol. The SMILES string of the molecule is CCC(=O)N[C@@H](CC)B(O)O. The summed E-state index contributed by atoms with van der Waals surface area (Å²) in [6, 6.07) is 0. The maximum absolute atomic E-state index is 10.8. The lowest BCUT2D eigenvalue weighted by Gasteiger charge is -2.14. The predicted octanol–water partition coefficient (Wildman–Crippen LogP) is -0.697. The second kappa shape index (κ2) is 5.15. The molecule has 0 aromatic heterocycles. The summed E-state index contributed by atoms with van der Waals surface area (Å²) in [5.41, 5.74) is 0. The first-order valence-electron chi connectivity index (χ1n) is 3.77. The quantitative estimate of drug-likeness (QED) is 0.475. The Morgan fingerprint density at radius 1 is 1.55 bits per heavy atom. The summed E-state index contributed by atoms with van der Waals surface area (Å²) in [5.74, 6) is -0.701.